The standard InChI is InChI=1S/C17H24O4/c18-13-4-3-11-10-12-2-1-5-16(12)6-7-17(21-16,14(11)13)15-19-8-9-20-15/h11-12,14-15H,1-10H2/t11?,12-,14?,16-,17+/m0/s1. The molecular weight excluding hydrogens is 268 g/mol. The highest BCUT2D eigenvalue weighted by molar-refractivity contribution is 5.85. The minimum atomic E-state index is -0.478. The van der Waals surface area contributed by atoms with E-state index in [9.17, 15) is 4.79 Å². The van der Waals surface area contributed by atoms with Crippen LogP contribution in [0.1, 0.15) is 51.4 Å². The first-order valence-corrected chi connectivity index (χ1v) is 8.70. The lowest BCUT2D eigenvalue weighted by Crippen LogP contribution is -2.53. The van der Waals surface area contributed by atoms with Crippen molar-refractivity contribution in [3.8, 4) is 0 Å². The van der Waals surface area contributed by atoms with E-state index in [0.29, 0.717) is 30.8 Å². The van der Waals surface area contributed by atoms with E-state index >= 15 is 0 Å². The minimum Gasteiger partial charge on any atom is -0.362 e. The van der Waals surface area contributed by atoms with Gasteiger partial charge >= 0.3 is 0 Å². The second kappa shape index (κ2) is 4.30. The van der Waals surface area contributed by atoms with Crippen LogP contribution in [0.3, 0.4) is 0 Å². The van der Waals surface area contributed by atoms with Crippen molar-refractivity contribution in [1.82, 2.24) is 0 Å². The number of carbonyl (C=O) groups excluding carboxylic acids is 1. The molecule has 0 aromatic heterocycles. The average molecular weight is 292 g/mol. The number of hydrogen-bond donors (Lipinski definition) is 0. The zero-order chi connectivity index (χ0) is 14.1. The normalized spacial score (nSPS) is 53.0. The summed E-state index contributed by atoms with van der Waals surface area (Å²) in [6.07, 6.45) is 8.41. The SMILES string of the molecule is O=C1CCC2C[C@@H]3CCC[C@]34CC[C@@](C3OCCO3)(O4)C12. The molecule has 5 atom stereocenters. The molecule has 2 unspecified atom stereocenters. The molecule has 1 spiro atoms. The van der Waals surface area contributed by atoms with Gasteiger partial charge in [-0.2, -0.15) is 0 Å². The molecule has 4 heteroatoms. The summed E-state index contributed by atoms with van der Waals surface area (Å²) < 4.78 is 18.6. The van der Waals surface area contributed by atoms with Gasteiger partial charge < -0.3 is 14.2 Å². The Balaban J connectivity index is 1.61. The van der Waals surface area contributed by atoms with Crippen molar-refractivity contribution < 1.29 is 19.0 Å². The lowest BCUT2D eigenvalue weighted by molar-refractivity contribution is -0.239. The van der Waals surface area contributed by atoms with E-state index in [1.54, 1.807) is 0 Å². The Morgan fingerprint density at radius 1 is 1.05 bits per heavy atom. The zero-order valence-electron chi connectivity index (χ0n) is 12.5. The molecule has 5 rings (SSSR count). The van der Waals surface area contributed by atoms with E-state index in [2.05, 4.69) is 0 Å². The highest BCUT2D eigenvalue weighted by atomic mass is 16.7. The van der Waals surface area contributed by atoms with E-state index in [4.69, 9.17) is 14.2 Å². The largest absolute Gasteiger partial charge is 0.362 e. The fourth-order valence-corrected chi connectivity index (χ4v) is 6.17. The third kappa shape index (κ3) is 1.59. The van der Waals surface area contributed by atoms with Gasteiger partial charge in [-0.15, -0.1) is 0 Å². The number of carbonyl (C=O) groups is 1. The third-order valence-corrected chi connectivity index (χ3v) is 6.94. The maximum atomic E-state index is 12.6. The lowest BCUT2D eigenvalue weighted by atomic mass is 9.70. The number of fused-ring (bicyclic) bond motifs is 3. The Labute approximate surface area is 125 Å². The summed E-state index contributed by atoms with van der Waals surface area (Å²) in [6.45, 7) is 1.27. The molecule has 0 radical (unpaired) electrons. The van der Waals surface area contributed by atoms with Crippen molar-refractivity contribution in [1.29, 1.82) is 0 Å². The van der Waals surface area contributed by atoms with E-state index in [-0.39, 0.29) is 17.8 Å². The Hall–Kier alpha value is -0.450. The predicted molar refractivity (Wildman–Crippen MR) is 74.7 cm³/mol. The van der Waals surface area contributed by atoms with Crippen LogP contribution in [-0.4, -0.2) is 36.5 Å². The Morgan fingerprint density at radius 2 is 1.90 bits per heavy atom. The van der Waals surface area contributed by atoms with Crippen molar-refractivity contribution in [3.63, 3.8) is 0 Å². The van der Waals surface area contributed by atoms with Crippen LogP contribution in [0.15, 0.2) is 0 Å². The molecule has 0 N–H and O–H groups in total. The minimum absolute atomic E-state index is 0.0191. The molecule has 4 nitrogen and oxygen atoms in total. The van der Waals surface area contributed by atoms with Crippen LogP contribution in [0, 0.1) is 17.8 Å². The molecule has 116 valence electrons. The van der Waals surface area contributed by atoms with Crippen molar-refractivity contribution in [2.45, 2.75) is 68.9 Å². The molecule has 3 heterocycles. The Bertz CT molecular complexity index is 471. The van der Waals surface area contributed by atoms with Crippen LogP contribution >= 0.6 is 0 Å². The summed E-state index contributed by atoms with van der Waals surface area (Å²) in [6, 6.07) is 0. The molecule has 2 bridgehead atoms. The van der Waals surface area contributed by atoms with Crippen LogP contribution in [0.5, 0.6) is 0 Å². The Morgan fingerprint density at radius 3 is 2.76 bits per heavy atom. The molecule has 0 amide bonds. The monoisotopic (exact) mass is 292 g/mol. The molecule has 3 aliphatic heterocycles. The average Bonchev–Trinajstić information content (AvgIpc) is 3.20. The van der Waals surface area contributed by atoms with Gasteiger partial charge in [0.1, 0.15) is 11.4 Å². The highest BCUT2D eigenvalue weighted by Gasteiger charge is 2.68. The Kier molecular flexibility index (Phi) is 2.67. The van der Waals surface area contributed by atoms with Crippen molar-refractivity contribution >= 4 is 5.78 Å². The quantitative estimate of drug-likeness (QED) is 0.744. The molecule has 2 saturated carbocycles. The van der Waals surface area contributed by atoms with Gasteiger partial charge in [0.15, 0.2) is 6.29 Å². The number of ether oxygens (including phenoxy) is 3. The van der Waals surface area contributed by atoms with E-state index in [1.165, 1.54) is 25.7 Å². The summed E-state index contributed by atoms with van der Waals surface area (Å²) in [5, 5.41) is 0. The molecule has 0 aromatic carbocycles. The number of hydrogen-bond acceptors (Lipinski definition) is 4. The molecular formula is C17H24O4. The molecule has 2 aliphatic carbocycles. The van der Waals surface area contributed by atoms with Gasteiger partial charge in [-0.3, -0.25) is 4.79 Å². The van der Waals surface area contributed by atoms with Gasteiger partial charge in [0.25, 0.3) is 0 Å². The summed E-state index contributed by atoms with van der Waals surface area (Å²) >= 11 is 0. The third-order valence-electron chi connectivity index (χ3n) is 6.94. The first kappa shape index (κ1) is 13.0. The molecule has 3 saturated heterocycles. The molecule has 0 aromatic rings. The van der Waals surface area contributed by atoms with Gasteiger partial charge in [-0.05, 0) is 50.4 Å². The smallest absolute Gasteiger partial charge is 0.187 e. The van der Waals surface area contributed by atoms with Gasteiger partial charge in [-0.1, -0.05) is 6.42 Å². The molecule has 5 fully saturated rings. The predicted octanol–water partition coefficient (Wildman–Crippen LogP) is 2.45. The molecule has 5 aliphatic rings. The van der Waals surface area contributed by atoms with Crippen molar-refractivity contribution in [2.75, 3.05) is 13.2 Å². The van der Waals surface area contributed by atoms with Gasteiger partial charge in [0.2, 0.25) is 0 Å². The maximum Gasteiger partial charge on any atom is 0.187 e. The van der Waals surface area contributed by atoms with E-state index in [0.717, 1.165) is 25.7 Å². The van der Waals surface area contributed by atoms with Gasteiger partial charge in [-0.25, -0.2) is 0 Å². The second-order valence-electron chi connectivity index (χ2n) is 7.76. The zero-order valence-corrected chi connectivity index (χ0v) is 12.5. The molecule has 21 heavy (non-hydrogen) atoms. The van der Waals surface area contributed by atoms with Gasteiger partial charge in [0.05, 0.1) is 24.7 Å². The first-order valence-electron chi connectivity index (χ1n) is 8.70. The van der Waals surface area contributed by atoms with Crippen LogP contribution in [0.2, 0.25) is 0 Å². The fourth-order valence-electron chi connectivity index (χ4n) is 6.17. The number of rotatable bonds is 1. The summed E-state index contributed by atoms with van der Waals surface area (Å²) in [7, 11) is 0. The van der Waals surface area contributed by atoms with Crippen molar-refractivity contribution in [2.24, 2.45) is 17.8 Å². The van der Waals surface area contributed by atoms with Gasteiger partial charge in [0, 0.05) is 6.42 Å². The van der Waals surface area contributed by atoms with Crippen LogP contribution in [-0.2, 0) is 19.0 Å². The summed E-state index contributed by atoms with van der Waals surface area (Å²) in [4.78, 5) is 12.6. The van der Waals surface area contributed by atoms with Crippen molar-refractivity contribution in [3.05, 3.63) is 0 Å². The lowest BCUT2D eigenvalue weighted by Gasteiger charge is -2.40. The fraction of sp³-hybridized carbons (Fsp3) is 0.941. The first-order chi connectivity index (χ1) is 10.2. The van der Waals surface area contributed by atoms with Crippen LogP contribution < -0.4 is 0 Å². The summed E-state index contributed by atoms with van der Waals surface area (Å²) in [5.41, 5.74) is -0.451. The van der Waals surface area contributed by atoms with E-state index < -0.39 is 5.60 Å². The number of Topliss-reactive ketones (excluding diaryl/α,β-unsaturated/α-hetero) is 1. The number of ketones is 1. The maximum absolute atomic E-state index is 12.6. The summed E-state index contributed by atoms with van der Waals surface area (Å²) in [5.74, 6) is 1.57. The highest BCUT2D eigenvalue weighted by Crippen LogP contribution is 2.62. The van der Waals surface area contributed by atoms with Crippen LogP contribution in [0.4, 0.5) is 0 Å². The van der Waals surface area contributed by atoms with E-state index in [1.807, 2.05) is 0 Å². The topological polar surface area (TPSA) is 44.8 Å². The second-order valence-corrected chi connectivity index (χ2v) is 7.76. The van der Waals surface area contributed by atoms with Crippen LogP contribution in [0.25, 0.3) is 0 Å².